The van der Waals surface area contributed by atoms with E-state index >= 15 is 0 Å². The van der Waals surface area contributed by atoms with Gasteiger partial charge >= 0.3 is 12.1 Å². The Morgan fingerprint density at radius 2 is 1.52 bits per heavy atom. The van der Waals surface area contributed by atoms with Crippen molar-refractivity contribution in [1.29, 1.82) is 0 Å². The number of aliphatic hydroxyl groups is 1. The lowest BCUT2D eigenvalue weighted by Crippen LogP contribution is -2.61. The van der Waals surface area contributed by atoms with Crippen molar-refractivity contribution in [2.75, 3.05) is 6.61 Å². The third kappa shape index (κ3) is 7.40. The van der Waals surface area contributed by atoms with Gasteiger partial charge in [0, 0.05) is 0 Å². The molecular weight excluding hydrogens is 424 g/mol. The van der Waals surface area contributed by atoms with Gasteiger partial charge in [0.1, 0.15) is 6.61 Å². The van der Waals surface area contributed by atoms with Gasteiger partial charge in [0.2, 0.25) is 5.72 Å². The van der Waals surface area contributed by atoms with Crippen LogP contribution in [0.1, 0.15) is 31.9 Å². The van der Waals surface area contributed by atoms with Crippen molar-refractivity contribution in [3.8, 4) is 0 Å². The highest BCUT2D eigenvalue weighted by Gasteiger charge is 2.48. The Morgan fingerprint density at radius 1 is 0.970 bits per heavy atom. The predicted octanol–water partition coefficient (Wildman–Crippen LogP) is 2.58. The van der Waals surface area contributed by atoms with Crippen LogP contribution in [0.2, 0.25) is 0 Å². The number of hydrogen-bond acceptors (Lipinski definition) is 7. The number of ketones is 1. The second kappa shape index (κ2) is 12.1. The number of benzene rings is 2. The Bertz CT molecular complexity index is 915. The van der Waals surface area contributed by atoms with E-state index in [0.717, 1.165) is 5.56 Å². The number of alkyl carbamates (subject to hydrolysis) is 1. The summed E-state index contributed by atoms with van der Waals surface area (Å²) in [4.78, 5) is 38.4. The molecule has 1 amide bonds. The molecule has 0 bridgehead atoms. The van der Waals surface area contributed by atoms with Crippen LogP contribution < -0.4 is 11.1 Å². The molecule has 0 aliphatic heterocycles. The van der Waals surface area contributed by atoms with E-state index in [1.807, 2.05) is 36.4 Å². The summed E-state index contributed by atoms with van der Waals surface area (Å²) in [7, 11) is 0. The quantitative estimate of drug-likeness (QED) is 0.350. The molecule has 2 rings (SSSR count). The first kappa shape index (κ1) is 26.0. The fourth-order valence-electron chi connectivity index (χ4n) is 3.39. The maximum absolute atomic E-state index is 13.5. The highest BCUT2D eigenvalue weighted by Crippen LogP contribution is 2.24. The van der Waals surface area contributed by atoms with Crippen molar-refractivity contribution in [3.05, 3.63) is 71.8 Å². The Morgan fingerprint density at radius 3 is 2.03 bits per heavy atom. The van der Waals surface area contributed by atoms with Crippen LogP contribution in [0.25, 0.3) is 0 Å². The lowest BCUT2D eigenvalue weighted by Gasteiger charge is -2.33. The molecule has 0 saturated heterocycles. The van der Waals surface area contributed by atoms with Gasteiger partial charge in [-0.3, -0.25) is 10.5 Å². The van der Waals surface area contributed by atoms with Gasteiger partial charge < -0.3 is 19.9 Å². The molecule has 0 aliphatic carbocycles. The maximum Gasteiger partial charge on any atom is 0.408 e. The SMILES string of the molecule is CCOC(=O)[C@@](N)(O)[C@H](Cc1ccccc1)C(=O)[C@@H](NC(=O)OCc1ccccc1)C(C)C. The van der Waals surface area contributed by atoms with Gasteiger partial charge in [0.05, 0.1) is 18.6 Å². The second-order valence-electron chi connectivity index (χ2n) is 8.12. The summed E-state index contributed by atoms with van der Waals surface area (Å²) in [5.74, 6) is -3.42. The number of esters is 1. The van der Waals surface area contributed by atoms with Crippen molar-refractivity contribution in [3.63, 3.8) is 0 Å². The van der Waals surface area contributed by atoms with Gasteiger partial charge in [-0.2, -0.15) is 0 Å². The number of carbonyl (C=O) groups excluding carboxylic acids is 3. The van der Waals surface area contributed by atoms with Crippen molar-refractivity contribution < 1.29 is 29.0 Å². The molecule has 0 aromatic heterocycles. The minimum absolute atomic E-state index is 0.0116. The number of ether oxygens (including phenoxy) is 2. The summed E-state index contributed by atoms with van der Waals surface area (Å²) in [5.41, 5.74) is 4.87. The van der Waals surface area contributed by atoms with Gasteiger partial charge in [-0.1, -0.05) is 74.5 Å². The van der Waals surface area contributed by atoms with Crippen molar-refractivity contribution in [2.24, 2.45) is 17.6 Å². The second-order valence-corrected chi connectivity index (χ2v) is 8.12. The normalized spacial score (nSPS) is 14.6. The molecule has 0 spiro atoms. The van der Waals surface area contributed by atoms with Crippen LogP contribution in [0.5, 0.6) is 0 Å². The highest BCUT2D eigenvalue weighted by atomic mass is 16.6. The number of hydrogen-bond donors (Lipinski definition) is 3. The minimum Gasteiger partial charge on any atom is -0.463 e. The molecule has 0 unspecified atom stereocenters. The largest absolute Gasteiger partial charge is 0.463 e. The summed E-state index contributed by atoms with van der Waals surface area (Å²) < 4.78 is 10.1. The summed E-state index contributed by atoms with van der Waals surface area (Å²) in [6.45, 7) is 5.06. The fourth-order valence-corrected chi connectivity index (χ4v) is 3.39. The molecule has 178 valence electrons. The molecule has 0 fully saturated rings. The van der Waals surface area contributed by atoms with E-state index < -0.39 is 35.5 Å². The zero-order chi connectivity index (χ0) is 24.4. The van der Waals surface area contributed by atoms with E-state index in [1.54, 1.807) is 45.0 Å². The van der Waals surface area contributed by atoms with E-state index in [-0.39, 0.29) is 25.6 Å². The summed E-state index contributed by atoms with van der Waals surface area (Å²) >= 11 is 0. The number of rotatable bonds is 11. The number of nitrogens with one attached hydrogen (secondary N) is 1. The first-order valence-electron chi connectivity index (χ1n) is 10.9. The van der Waals surface area contributed by atoms with Gasteiger partial charge in [0.25, 0.3) is 0 Å². The molecule has 2 aromatic rings. The topological polar surface area (TPSA) is 128 Å². The third-order valence-corrected chi connectivity index (χ3v) is 5.22. The Kier molecular flexibility index (Phi) is 9.57. The Hall–Kier alpha value is -3.23. The molecule has 2 aromatic carbocycles. The molecular formula is C25H32N2O6. The van der Waals surface area contributed by atoms with E-state index in [9.17, 15) is 19.5 Å². The molecule has 0 aliphatic rings. The van der Waals surface area contributed by atoms with Crippen molar-refractivity contribution in [2.45, 2.75) is 45.6 Å². The number of nitrogens with two attached hydrogens (primary N) is 1. The summed E-state index contributed by atoms with van der Waals surface area (Å²) in [6.07, 6.45) is -0.809. The van der Waals surface area contributed by atoms with E-state index in [0.29, 0.717) is 5.56 Å². The number of Topliss-reactive ketones (excluding diaryl/α,β-unsaturated/α-hetero) is 1. The fraction of sp³-hybridized carbons (Fsp3) is 0.400. The van der Waals surface area contributed by atoms with Crippen LogP contribution >= 0.6 is 0 Å². The van der Waals surface area contributed by atoms with Crippen LogP contribution in [-0.4, -0.2) is 41.3 Å². The average molecular weight is 457 g/mol. The molecule has 33 heavy (non-hydrogen) atoms. The lowest BCUT2D eigenvalue weighted by molar-refractivity contribution is -0.174. The zero-order valence-corrected chi connectivity index (χ0v) is 19.2. The standard InChI is InChI=1S/C25H32N2O6/c1-4-32-23(29)25(26,31)20(15-18-11-7-5-8-12-18)22(28)21(17(2)3)27-24(30)33-16-19-13-9-6-10-14-19/h5-14,17,20-21,31H,4,15-16,26H2,1-3H3,(H,27,30)/t20-,21+,25+/m1/s1. The van der Waals surface area contributed by atoms with Crippen molar-refractivity contribution in [1.82, 2.24) is 5.32 Å². The van der Waals surface area contributed by atoms with Gasteiger partial charge in [-0.05, 0) is 30.4 Å². The van der Waals surface area contributed by atoms with Gasteiger partial charge in [0.15, 0.2) is 5.78 Å². The zero-order valence-electron chi connectivity index (χ0n) is 19.2. The molecule has 0 heterocycles. The smallest absolute Gasteiger partial charge is 0.408 e. The first-order valence-corrected chi connectivity index (χ1v) is 10.9. The van der Waals surface area contributed by atoms with E-state index in [2.05, 4.69) is 5.32 Å². The van der Waals surface area contributed by atoms with Crippen LogP contribution in [0.15, 0.2) is 60.7 Å². The van der Waals surface area contributed by atoms with Gasteiger partial charge in [-0.15, -0.1) is 0 Å². The lowest BCUT2D eigenvalue weighted by atomic mass is 9.80. The van der Waals surface area contributed by atoms with Crippen molar-refractivity contribution >= 4 is 17.8 Å². The number of carbonyl (C=O) groups is 3. The van der Waals surface area contributed by atoms with Crippen LogP contribution in [0.3, 0.4) is 0 Å². The third-order valence-electron chi connectivity index (χ3n) is 5.22. The Balaban J connectivity index is 2.23. The molecule has 4 N–H and O–H groups in total. The molecule has 0 radical (unpaired) electrons. The highest BCUT2D eigenvalue weighted by molar-refractivity contribution is 5.95. The van der Waals surface area contributed by atoms with E-state index in [1.165, 1.54) is 0 Å². The molecule has 3 atom stereocenters. The first-order chi connectivity index (χ1) is 15.7. The molecule has 8 nitrogen and oxygen atoms in total. The summed E-state index contributed by atoms with van der Waals surface area (Å²) in [5, 5.41) is 13.4. The van der Waals surface area contributed by atoms with E-state index in [4.69, 9.17) is 15.2 Å². The molecule has 0 saturated carbocycles. The van der Waals surface area contributed by atoms with Crippen LogP contribution in [-0.2, 0) is 32.1 Å². The Labute approximate surface area is 194 Å². The summed E-state index contributed by atoms with van der Waals surface area (Å²) in [6, 6.07) is 16.9. The van der Waals surface area contributed by atoms with Gasteiger partial charge in [-0.25, -0.2) is 9.59 Å². The molecule has 8 heteroatoms. The van der Waals surface area contributed by atoms with Crippen LogP contribution in [0.4, 0.5) is 4.79 Å². The minimum atomic E-state index is -2.58. The number of amides is 1. The van der Waals surface area contributed by atoms with Crippen LogP contribution in [0, 0.1) is 11.8 Å². The maximum atomic E-state index is 13.5. The average Bonchev–Trinajstić information content (AvgIpc) is 2.80. The monoisotopic (exact) mass is 456 g/mol. The predicted molar refractivity (Wildman–Crippen MR) is 123 cm³/mol.